The summed E-state index contributed by atoms with van der Waals surface area (Å²) in [6.07, 6.45) is 6.21. The van der Waals surface area contributed by atoms with Crippen LogP contribution >= 0.6 is 24.0 Å². The Balaban J connectivity index is 0.00000320. The summed E-state index contributed by atoms with van der Waals surface area (Å²) in [4.78, 5) is 31.6. The summed E-state index contributed by atoms with van der Waals surface area (Å²) in [5.74, 6) is 1.97. The van der Waals surface area contributed by atoms with Gasteiger partial charge in [0.25, 0.3) is 0 Å². The van der Waals surface area contributed by atoms with Crippen molar-refractivity contribution in [2.45, 2.75) is 26.2 Å². The lowest BCUT2D eigenvalue weighted by Gasteiger charge is -2.34. The van der Waals surface area contributed by atoms with Crippen LogP contribution in [-0.2, 0) is 4.79 Å². The van der Waals surface area contributed by atoms with Gasteiger partial charge in [0.15, 0.2) is 5.96 Å². The van der Waals surface area contributed by atoms with Crippen molar-refractivity contribution in [1.29, 1.82) is 0 Å². The number of anilines is 1. The first kappa shape index (κ1) is 24.6. The molecular weight excluding hydrogens is 495 g/mol. The van der Waals surface area contributed by atoms with Gasteiger partial charge >= 0.3 is 0 Å². The van der Waals surface area contributed by atoms with E-state index < -0.39 is 0 Å². The van der Waals surface area contributed by atoms with Crippen molar-refractivity contribution in [3.05, 3.63) is 18.5 Å². The van der Waals surface area contributed by atoms with Crippen LogP contribution in [0.5, 0.6) is 0 Å². The number of aromatic nitrogens is 2. The van der Waals surface area contributed by atoms with Crippen LogP contribution in [0.1, 0.15) is 26.2 Å². The zero-order chi connectivity index (χ0) is 20.3. The van der Waals surface area contributed by atoms with Crippen LogP contribution in [0, 0.1) is 0 Å². The van der Waals surface area contributed by atoms with E-state index in [2.05, 4.69) is 42.3 Å². The van der Waals surface area contributed by atoms with Crippen molar-refractivity contribution in [2.24, 2.45) is 4.99 Å². The van der Waals surface area contributed by atoms with E-state index in [9.17, 15) is 4.79 Å². The number of guanidine groups is 1. The number of rotatable bonds is 9. The highest BCUT2D eigenvalue weighted by atomic mass is 127. The summed E-state index contributed by atoms with van der Waals surface area (Å²) in [5, 5.41) is 6.73. The third kappa shape index (κ3) is 7.86. The lowest BCUT2D eigenvalue weighted by atomic mass is 10.3. The Hall–Kier alpha value is -1.69. The Morgan fingerprint density at radius 3 is 2.53 bits per heavy atom. The number of hydrogen-bond donors (Lipinski definition) is 2. The minimum atomic E-state index is 0. The molecule has 0 radical (unpaired) electrons. The maximum atomic E-state index is 11.6. The van der Waals surface area contributed by atoms with Crippen LogP contribution in [0.25, 0.3) is 0 Å². The molecule has 2 aliphatic rings. The standard InChI is InChI=1S/C20H34N8O.HI/c1-2-21-19(22-9-5-12-27-11-3-6-18(27)29)23-10-13-26-14-16-28(17-15-26)20-24-7-4-8-25-20;/h4,7-8H,2-3,5-6,9-17H2,1H3,(H2,21,22,23);1H. The van der Waals surface area contributed by atoms with Crippen LogP contribution in [0.3, 0.4) is 0 Å². The molecule has 10 heteroatoms. The van der Waals surface area contributed by atoms with E-state index in [1.165, 1.54) is 0 Å². The molecule has 1 aromatic rings. The van der Waals surface area contributed by atoms with Crippen molar-refractivity contribution in [3.63, 3.8) is 0 Å². The van der Waals surface area contributed by atoms with Crippen LogP contribution < -0.4 is 15.5 Å². The number of halogens is 1. The first-order valence-electron chi connectivity index (χ1n) is 10.8. The van der Waals surface area contributed by atoms with Gasteiger partial charge < -0.3 is 20.4 Å². The number of amides is 1. The van der Waals surface area contributed by atoms with Crippen molar-refractivity contribution in [1.82, 2.24) is 30.4 Å². The number of aliphatic imine (C=N–C) groups is 1. The molecule has 0 bridgehead atoms. The third-order valence-corrected chi connectivity index (χ3v) is 5.30. The Bertz CT molecular complexity index is 651. The maximum absolute atomic E-state index is 11.6. The average molecular weight is 530 g/mol. The molecule has 1 aromatic heterocycles. The summed E-state index contributed by atoms with van der Waals surface area (Å²) in [7, 11) is 0. The monoisotopic (exact) mass is 530 g/mol. The summed E-state index contributed by atoms with van der Waals surface area (Å²) in [6.45, 7) is 11.1. The highest BCUT2D eigenvalue weighted by Gasteiger charge is 2.19. The van der Waals surface area contributed by atoms with Crippen molar-refractivity contribution < 1.29 is 4.79 Å². The van der Waals surface area contributed by atoms with Crippen LogP contribution in [0.2, 0.25) is 0 Å². The first-order chi connectivity index (χ1) is 14.3. The van der Waals surface area contributed by atoms with Gasteiger partial charge in [-0.15, -0.1) is 24.0 Å². The van der Waals surface area contributed by atoms with Gasteiger partial charge in [0, 0.05) is 84.3 Å². The minimum absolute atomic E-state index is 0. The second-order valence-electron chi connectivity index (χ2n) is 7.40. The van der Waals surface area contributed by atoms with E-state index in [1.807, 2.05) is 11.0 Å². The summed E-state index contributed by atoms with van der Waals surface area (Å²) < 4.78 is 0. The number of nitrogens with one attached hydrogen (secondary N) is 2. The van der Waals surface area contributed by atoms with E-state index in [-0.39, 0.29) is 29.9 Å². The molecule has 2 N–H and O–H groups in total. The van der Waals surface area contributed by atoms with Crippen molar-refractivity contribution in [2.75, 3.05) is 70.3 Å². The number of hydrogen-bond acceptors (Lipinski definition) is 6. The van der Waals surface area contributed by atoms with Gasteiger partial charge in [-0.2, -0.15) is 0 Å². The normalized spacial score (nSPS) is 17.8. The lowest BCUT2D eigenvalue weighted by molar-refractivity contribution is -0.127. The summed E-state index contributed by atoms with van der Waals surface area (Å²) in [6, 6.07) is 1.85. The molecular formula is C20H35IN8O. The maximum Gasteiger partial charge on any atom is 0.225 e. The van der Waals surface area contributed by atoms with E-state index in [0.717, 1.165) is 90.2 Å². The van der Waals surface area contributed by atoms with Crippen molar-refractivity contribution >= 4 is 41.8 Å². The van der Waals surface area contributed by atoms with Crippen LogP contribution in [0.15, 0.2) is 23.5 Å². The van der Waals surface area contributed by atoms with Gasteiger partial charge in [-0.05, 0) is 25.8 Å². The molecule has 0 aromatic carbocycles. The van der Waals surface area contributed by atoms with Gasteiger partial charge in [-0.1, -0.05) is 0 Å². The smallest absolute Gasteiger partial charge is 0.225 e. The Morgan fingerprint density at radius 1 is 1.10 bits per heavy atom. The van der Waals surface area contributed by atoms with Crippen molar-refractivity contribution in [3.8, 4) is 0 Å². The quantitative estimate of drug-likeness (QED) is 0.211. The molecule has 0 spiro atoms. The SMILES string of the molecule is CCNC(=NCCCN1CCCC1=O)NCCN1CCN(c2ncccn2)CC1.I. The van der Waals surface area contributed by atoms with E-state index >= 15 is 0 Å². The highest BCUT2D eigenvalue weighted by Crippen LogP contribution is 2.10. The minimum Gasteiger partial charge on any atom is -0.357 e. The molecule has 0 aliphatic carbocycles. The zero-order valence-electron chi connectivity index (χ0n) is 17.9. The predicted octanol–water partition coefficient (Wildman–Crippen LogP) is 0.784. The molecule has 0 saturated carbocycles. The van der Waals surface area contributed by atoms with E-state index in [1.54, 1.807) is 12.4 Å². The molecule has 0 unspecified atom stereocenters. The van der Waals surface area contributed by atoms with Gasteiger partial charge in [0.2, 0.25) is 11.9 Å². The molecule has 3 heterocycles. The second kappa shape index (κ2) is 13.6. The van der Waals surface area contributed by atoms with Crippen LogP contribution in [0.4, 0.5) is 5.95 Å². The fraction of sp³-hybridized carbons (Fsp3) is 0.700. The van der Waals surface area contributed by atoms with Gasteiger partial charge in [-0.25, -0.2) is 9.97 Å². The lowest BCUT2D eigenvalue weighted by Crippen LogP contribution is -2.49. The first-order valence-corrected chi connectivity index (χ1v) is 10.8. The fourth-order valence-corrected chi connectivity index (χ4v) is 3.69. The van der Waals surface area contributed by atoms with E-state index in [4.69, 9.17) is 0 Å². The molecule has 1 amide bonds. The van der Waals surface area contributed by atoms with Gasteiger partial charge in [0.1, 0.15) is 0 Å². The highest BCUT2D eigenvalue weighted by molar-refractivity contribution is 14.0. The molecule has 0 atom stereocenters. The Labute approximate surface area is 196 Å². The molecule has 2 fully saturated rings. The third-order valence-electron chi connectivity index (χ3n) is 5.30. The van der Waals surface area contributed by atoms with Gasteiger partial charge in [0.05, 0.1) is 0 Å². The van der Waals surface area contributed by atoms with E-state index in [0.29, 0.717) is 6.42 Å². The largest absolute Gasteiger partial charge is 0.357 e. The molecule has 2 saturated heterocycles. The molecule has 168 valence electrons. The molecule has 2 aliphatic heterocycles. The fourth-order valence-electron chi connectivity index (χ4n) is 3.69. The second-order valence-corrected chi connectivity index (χ2v) is 7.40. The molecule has 9 nitrogen and oxygen atoms in total. The number of carbonyl (C=O) groups excluding carboxylic acids is 1. The number of nitrogens with zero attached hydrogens (tertiary/aromatic N) is 6. The zero-order valence-corrected chi connectivity index (χ0v) is 20.3. The number of likely N-dealkylation sites (tertiary alicyclic amines) is 1. The van der Waals surface area contributed by atoms with Gasteiger partial charge in [-0.3, -0.25) is 14.7 Å². The summed E-state index contributed by atoms with van der Waals surface area (Å²) >= 11 is 0. The van der Waals surface area contributed by atoms with Crippen LogP contribution in [-0.4, -0.2) is 97.1 Å². The number of piperazine rings is 1. The average Bonchev–Trinajstić information content (AvgIpc) is 3.17. The Kier molecular flexibility index (Phi) is 11.1. The Morgan fingerprint density at radius 2 is 1.87 bits per heavy atom. The topological polar surface area (TPSA) is 89.0 Å². The predicted molar refractivity (Wildman–Crippen MR) is 131 cm³/mol. The molecule has 3 rings (SSSR count). The molecule has 30 heavy (non-hydrogen) atoms. The summed E-state index contributed by atoms with van der Waals surface area (Å²) in [5.41, 5.74) is 0. The number of carbonyl (C=O) groups is 1.